The van der Waals surface area contributed by atoms with Gasteiger partial charge in [0.15, 0.2) is 0 Å². The van der Waals surface area contributed by atoms with E-state index in [0.717, 1.165) is 30.2 Å². The van der Waals surface area contributed by atoms with Crippen LogP contribution in [-0.2, 0) is 12.0 Å². The van der Waals surface area contributed by atoms with Crippen molar-refractivity contribution < 1.29 is 0 Å². The molecule has 1 aromatic heterocycles. The Balaban J connectivity index is 2.76. The van der Waals surface area contributed by atoms with Crippen molar-refractivity contribution in [3.63, 3.8) is 0 Å². The highest BCUT2D eigenvalue weighted by atomic mass is 35.5. The van der Waals surface area contributed by atoms with Crippen LogP contribution in [0.5, 0.6) is 0 Å². The van der Waals surface area contributed by atoms with Crippen LogP contribution < -0.4 is 5.32 Å². The van der Waals surface area contributed by atoms with Crippen molar-refractivity contribution in [3.8, 4) is 0 Å². The van der Waals surface area contributed by atoms with E-state index in [1.165, 1.54) is 0 Å². The number of nitrogens with zero attached hydrogens (tertiary/aromatic N) is 2. The molecule has 0 unspecified atom stereocenters. The standard InChI is InChI=1S/C14H26ClN3/c1-7-18-12(11(15)10-17-18)14(5,6)8-9-16-13(2,3)4/h10,16H,7-9H2,1-6H3. The highest BCUT2D eigenvalue weighted by Crippen LogP contribution is 2.32. The zero-order valence-electron chi connectivity index (χ0n) is 12.5. The minimum absolute atomic E-state index is 0.0296. The Bertz CT molecular complexity index is 388. The van der Waals surface area contributed by atoms with Crippen LogP contribution in [0.15, 0.2) is 6.20 Å². The fourth-order valence-corrected chi connectivity index (χ4v) is 2.54. The topological polar surface area (TPSA) is 29.9 Å². The van der Waals surface area contributed by atoms with E-state index >= 15 is 0 Å². The Morgan fingerprint density at radius 3 is 2.39 bits per heavy atom. The highest BCUT2D eigenvalue weighted by molar-refractivity contribution is 6.31. The summed E-state index contributed by atoms with van der Waals surface area (Å²) in [5, 5.41) is 8.62. The van der Waals surface area contributed by atoms with Gasteiger partial charge in [0.25, 0.3) is 0 Å². The molecular weight excluding hydrogens is 246 g/mol. The van der Waals surface area contributed by atoms with Gasteiger partial charge in [-0.1, -0.05) is 25.4 Å². The molecule has 1 aromatic rings. The number of nitrogens with one attached hydrogen (secondary N) is 1. The number of rotatable bonds is 5. The van der Waals surface area contributed by atoms with Gasteiger partial charge in [-0.2, -0.15) is 5.10 Å². The van der Waals surface area contributed by atoms with E-state index in [2.05, 4.69) is 52.0 Å². The Kier molecular flexibility index (Phi) is 4.84. The molecular formula is C14H26ClN3. The van der Waals surface area contributed by atoms with Crippen LogP contribution in [0.25, 0.3) is 0 Å². The van der Waals surface area contributed by atoms with E-state index < -0.39 is 0 Å². The summed E-state index contributed by atoms with van der Waals surface area (Å²) < 4.78 is 2.00. The summed E-state index contributed by atoms with van der Waals surface area (Å²) in [5.41, 5.74) is 1.33. The van der Waals surface area contributed by atoms with Crippen molar-refractivity contribution in [1.29, 1.82) is 0 Å². The number of halogens is 1. The lowest BCUT2D eigenvalue weighted by atomic mass is 9.85. The molecule has 1 N–H and O–H groups in total. The van der Waals surface area contributed by atoms with Gasteiger partial charge in [-0.25, -0.2) is 0 Å². The molecule has 4 heteroatoms. The van der Waals surface area contributed by atoms with E-state index in [0.29, 0.717) is 0 Å². The predicted molar refractivity (Wildman–Crippen MR) is 78.3 cm³/mol. The predicted octanol–water partition coefficient (Wildman–Crippen LogP) is 3.61. The Hall–Kier alpha value is -0.540. The smallest absolute Gasteiger partial charge is 0.0823 e. The van der Waals surface area contributed by atoms with Gasteiger partial charge in [-0.05, 0) is 40.7 Å². The second-order valence-corrected chi connectivity index (χ2v) is 6.87. The van der Waals surface area contributed by atoms with Crippen molar-refractivity contribution in [3.05, 3.63) is 16.9 Å². The first-order valence-corrected chi connectivity index (χ1v) is 7.02. The second-order valence-electron chi connectivity index (χ2n) is 6.47. The van der Waals surface area contributed by atoms with Gasteiger partial charge in [0, 0.05) is 17.5 Å². The van der Waals surface area contributed by atoms with Gasteiger partial charge < -0.3 is 5.32 Å². The molecule has 18 heavy (non-hydrogen) atoms. The third-order valence-corrected chi connectivity index (χ3v) is 3.42. The SMILES string of the molecule is CCn1ncc(Cl)c1C(C)(C)CCNC(C)(C)C. The number of hydrogen-bond acceptors (Lipinski definition) is 2. The van der Waals surface area contributed by atoms with Crippen LogP contribution >= 0.6 is 11.6 Å². The van der Waals surface area contributed by atoms with Crippen LogP contribution in [0.1, 0.15) is 53.7 Å². The van der Waals surface area contributed by atoms with E-state index in [4.69, 9.17) is 11.6 Å². The largest absolute Gasteiger partial charge is 0.312 e. The summed E-state index contributed by atoms with van der Waals surface area (Å²) >= 11 is 6.27. The van der Waals surface area contributed by atoms with Crippen molar-refractivity contribution in [1.82, 2.24) is 15.1 Å². The average Bonchev–Trinajstić information content (AvgIpc) is 2.57. The van der Waals surface area contributed by atoms with Gasteiger partial charge in [0.1, 0.15) is 0 Å². The molecule has 0 spiro atoms. The zero-order chi connectivity index (χ0) is 14.0. The van der Waals surface area contributed by atoms with Crippen molar-refractivity contribution in [2.24, 2.45) is 0 Å². The minimum Gasteiger partial charge on any atom is -0.312 e. The van der Waals surface area contributed by atoms with E-state index in [1.54, 1.807) is 6.20 Å². The maximum atomic E-state index is 6.27. The molecule has 0 amide bonds. The van der Waals surface area contributed by atoms with Gasteiger partial charge in [0.05, 0.1) is 16.9 Å². The molecule has 0 fully saturated rings. The van der Waals surface area contributed by atoms with Crippen LogP contribution in [0, 0.1) is 0 Å². The molecule has 1 heterocycles. The Morgan fingerprint density at radius 1 is 1.28 bits per heavy atom. The number of aryl methyl sites for hydroxylation is 1. The molecule has 0 radical (unpaired) electrons. The van der Waals surface area contributed by atoms with Crippen LogP contribution in [-0.4, -0.2) is 21.9 Å². The molecule has 1 rings (SSSR count). The number of hydrogen-bond donors (Lipinski definition) is 1. The van der Waals surface area contributed by atoms with E-state index in [-0.39, 0.29) is 11.0 Å². The summed E-state index contributed by atoms with van der Waals surface area (Å²) in [6, 6.07) is 0. The summed E-state index contributed by atoms with van der Waals surface area (Å²) in [6.45, 7) is 14.9. The molecule has 0 aliphatic heterocycles. The second kappa shape index (κ2) is 5.62. The first-order valence-electron chi connectivity index (χ1n) is 6.64. The van der Waals surface area contributed by atoms with E-state index in [1.807, 2.05) is 4.68 Å². The molecule has 104 valence electrons. The van der Waals surface area contributed by atoms with Crippen molar-refractivity contribution >= 4 is 11.6 Å². The fourth-order valence-electron chi connectivity index (χ4n) is 2.14. The normalized spacial score (nSPS) is 13.1. The molecule has 0 saturated carbocycles. The van der Waals surface area contributed by atoms with Crippen LogP contribution in [0.4, 0.5) is 0 Å². The first kappa shape index (κ1) is 15.5. The molecule has 0 aromatic carbocycles. The quantitative estimate of drug-likeness (QED) is 0.887. The van der Waals surface area contributed by atoms with Gasteiger partial charge in [-0.3, -0.25) is 4.68 Å². The lowest BCUT2D eigenvalue weighted by Crippen LogP contribution is -2.39. The molecule has 0 bridgehead atoms. The van der Waals surface area contributed by atoms with Gasteiger partial charge in [-0.15, -0.1) is 0 Å². The van der Waals surface area contributed by atoms with Crippen LogP contribution in [0.3, 0.4) is 0 Å². The lowest BCUT2D eigenvalue weighted by molar-refractivity contribution is 0.365. The summed E-state index contributed by atoms with van der Waals surface area (Å²) in [4.78, 5) is 0. The first-order chi connectivity index (χ1) is 8.17. The molecule has 0 aliphatic rings. The summed E-state index contributed by atoms with van der Waals surface area (Å²) in [6.07, 6.45) is 2.79. The Labute approximate surface area is 116 Å². The average molecular weight is 272 g/mol. The van der Waals surface area contributed by atoms with Crippen molar-refractivity contribution in [2.75, 3.05) is 6.54 Å². The molecule has 3 nitrogen and oxygen atoms in total. The third kappa shape index (κ3) is 3.99. The maximum Gasteiger partial charge on any atom is 0.0823 e. The zero-order valence-corrected chi connectivity index (χ0v) is 13.2. The van der Waals surface area contributed by atoms with E-state index in [9.17, 15) is 0 Å². The minimum atomic E-state index is 0.0296. The molecule has 0 atom stereocenters. The molecule has 0 saturated heterocycles. The maximum absolute atomic E-state index is 6.27. The number of aromatic nitrogens is 2. The molecule has 0 aliphatic carbocycles. The summed E-state index contributed by atoms with van der Waals surface area (Å²) in [7, 11) is 0. The fraction of sp³-hybridized carbons (Fsp3) is 0.786. The van der Waals surface area contributed by atoms with Crippen LogP contribution in [0.2, 0.25) is 5.02 Å². The Morgan fingerprint density at radius 2 is 1.89 bits per heavy atom. The lowest BCUT2D eigenvalue weighted by Gasteiger charge is -2.29. The van der Waals surface area contributed by atoms with Gasteiger partial charge in [0.2, 0.25) is 0 Å². The highest BCUT2D eigenvalue weighted by Gasteiger charge is 2.27. The van der Waals surface area contributed by atoms with Crippen molar-refractivity contribution in [2.45, 2.75) is 65.5 Å². The third-order valence-electron chi connectivity index (χ3n) is 3.14. The van der Waals surface area contributed by atoms with Gasteiger partial charge >= 0.3 is 0 Å². The monoisotopic (exact) mass is 271 g/mol. The summed E-state index contributed by atoms with van der Waals surface area (Å²) in [5.74, 6) is 0.